The first-order chi connectivity index (χ1) is 12.7. The minimum Gasteiger partial charge on any atom is -0.462 e. The summed E-state index contributed by atoms with van der Waals surface area (Å²) in [6, 6.07) is 5.65. The number of ether oxygens (including phenoxy) is 1. The maximum Gasteiger partial charge on any atom is 0.341 e. The van der Waals surface area contributed by atoms with Crippen LogP contribution in [0.1, 0.15) is 30.1 Å². The summed E-state index contributed by atoms with van der Waals surface area (Å²) < 4.78 is 40.6. The molecule has 0 radical (unpaired) electrons. The van der Waals surface area contributed by atoms with E-state index in [9.17, 15) is 22.4 Å². The lowest BCUT2D eigenvalue weighted by Gasteiger charge is -2.09. The predicted octanol–water partition coefficient (Wildman–Crippen LogP) is 3.49. The Bertz CT molecular complexity index is 920. The molecule has 1 amide bonds. The molecule has 0 fully saturated rings. The van der Waals surface area contributed by atoms with Gasteiger partial charge in [-0.2, -0.15) is 0 Å². The summed E-state index contributed by atoms with van der Waals surface area (Å²) in [7, 11) is -3.14. The zero-order chi connectivity index (χ0) is 20.0. The molecule has 6 nitrogen and oxygen atoms in total. The van der Waals surface area contributed by atoms with Crippen LogP contribution in [-0.4, -0.2) is 38.9 Å². The maximum absolute atomic E-state index is 13.2. The van der Waals surface area contributed by atoms with E-state index in [4.69, 9.17) is 4.74 Å². The first-order valence-electron chi connectivity index (χ1n) is 8.23. The summed E-state index contributed by atoms with van der Waals surface area (Å²) in [5.41, 5.74) is 1.35. The van der Waals surface area contributed by atoms with Crippen LogP contribution in [0.3, 0.4) is 0 Å². The van der Waals surface area contributed by atoms with E-state index in [0.29, 0.717) is 16.1 Å². The van der Waals surface area contributed by atoms with Gasteiger partial charge in [0.25, 0.3) is 0 Å². The lowest BCUT2D eigenvalue weighted by molar-refractivity contribution is -0.116. The van der Waals surface area contributed by atoms with Crippen LogP contribution in [0.25, 0.3) is 11.1 Å². The summed E-state index contributed by atoms with van der Waals surface area (Å²) in [6.07, 6.45) is 1.31. The van der Waals surface area contributed by atoms with Crippen molar-refractivity contribution in [2.45, 2.75) is 19.8 Å². The third kappa shape index (κ3) is 6.14. The van der Waals surface area contributed by atoms with E-state index in [1.165, 1.54) is 24.3 Å². The molecule has 0 aliphatic heterocycles. The van der Waals surface area contributed by atoms with Gasteiger partial charge in [-0.3, -0.25) is 4.79 Å². The fraction of sp³-hybridized carbons (Fsp3) is 0.333. The van der Waals surface area contributed by atoms with Crippen molar-refractivity contribution in [3.8, 4) is 11.1 Å². The largest absolute Gasteiger partial charge is 0.462 e. The number of anilines is 1. The van der Waals surface area contributed by atoms with E-state index in [1.807, 2.05) is 0 Å². The monoisotopic (exact) mass is 413 g/mol. The van der Waals surface area contributed by atoms with Crippen molar-refractivity contribution in [1.82, 2.24) is 0 Å². The molecule has 1 N–H and O–H groups in total. The zero-order valence-corrected chi connectivity index (χ0v) is 16.6. The van der Waals surface area contributed by atoms with Gasteiger partial charge in [0.2, 0.25) is 5.91 Å². The SMILES string of the molecule is CCOC(=O)c1c(-c2ccc(F)cc2)csc1NC(=O)CCCS(C)(=O)=O. The Morgan fingerprint density at radius 1 is 1.22 bits per heavy atom. The first-order valence-corrected chi connectivity index (χ1v) is 11.2. The second-order valence-electron chi connectivity index (χ2n) is 5.86. The number of hydrogen-bond acceptors (Lipinski definition) is 6. The summed E-state index contributed by atoms with van der Waals surface area (Å²) in [5, 5.41) is 4.65. The summed E-state index contributed by atoms with van der Waals surface area (Å²) in [4.78, 5) is 24.5. The summed E-state index contributed by atoms with van der Waals surface area (Å²) in [6.45, 7) is 1.84. The molecule has 0 bridgehead atoms. The minimum absolute atomic E-state index is 0.0130. The Kier molecular flexibility index (Phi) is 7.09. The average molecular weight is 413 g/mol. The fourth-order valence-corrected chi connectivity index (χ4v) is 4.02. The summed E-state index contributed by atoms with van der Waals surface area (Å²) >= 11 is 1.15. The molecule has 146 valence electrons. The van der Waals surface area contributed by atoms with Crippen LogP contribution in [0, 0.1) is 5.82 Å². The molecule has 27 heavy (non-hydrogen) atoms. The van der Waals surface area contributed by atoms with E-state index in [0.717, 1.165) is 17.6 Å². The third-order valence-electron chi connectivity index (χ3n) is 3.60. The van der Waals surface area contributed by atoms with Crippen LogP contribution < -0.4 is 5.32 Å². The molecule has 1 heterocycles. The zero-order valence-electron chi connectivity index (χ0n) is 15.0. The molecule has 1 aromatic carbocycles. The molecule has 0 saturated heterocycles. The van der Waals surface area contributed by atoms with Gasteiger partial charge in [0, 0.05) is 23.6 Å². The van der Waals surface area contributed by atoms with Crippen LogP contribution in [0.2, 0.25) is 0 Å². The highest BCUT2D eigenvalue weighted by Gasteiger charge is 2.22. The van der Waals surface area contributed by atoms with Crippen molar-refractivity contribution in [2.24, 2.45) is 0 Å². The Balaban J connectivity index is 2.24. The molecule has 9 heteroatoms. The number of thiophene rings is 1. The number of sulfone groups is 1. The molecular weight excluding hydrogens is 393 g/mol. The number of esters is 1. The van der Waals surface area contributed by atoms with Gasteiger partial charge in [0.15, 0.2) is 0 Å². The van der Waals surface area contributed by atoms with E-state index < -0.39 is 27.5 Å². The highest BCUT2D eigenvalue weighted by atomic mass is 32.2. The highest BCUT2D eigenvalue weighted by Crippen LogP contribution is 2.36. The van der Waals surface area contributed by atoms with Crippen LogP contribution in [0.4, 0.5) is 9.39 Å². The average Bonchev–Trinajstić information content (AvgIpc) is 2.98. The van der Waals surface area contributed by atoms with Crippen LogP contribution in [-0.2, 0) is 19.4 Å². The topological polar surface area (TPSA) is 89.5 Å². The van der Waals surface area contributed by atoms with Crippen molar-refractivity contribution in [3.05, 3.63) is 41.0 Å². The molecular formula is C18H20FNO5S2. The number of amides is 1. The molecule has 0 spiro atoms. The smallest absolute Gasteiger partial charge is 0.341 e. The van der Waals surface area contributed by atoms with E-state index in [2.05, 4.69) is 5.32 Å². The second-order valence-corrected chi connectivity index (χ2v) is 9.00. The molecule has 1 aromatic heterocycles. The molecule has 0 aliphatic carbocycles. The third-order valence-corrected chi connectivity index (χ3v) is 5.52. The Labute approximate surface area is 161 Å². The fourth-order valence-electron chi connectivity index (χ4n) is 2.38. The quantitative estimate of drug-likeness (QED) is 0.669. The van der Waals surface area contributed by atoms with Crippen molar-refractivity contribution < 1.29 is 27.1 Å². The Morgan fingerprint density at radius 3 is 2.48 bits per heavy atom. The molecule has 2 rings (SSSR count). The lowest BCUT2D eigenvalue weighted by Crippen LogP contribution is -2.15. The summed E-state index contributed by atoms with van der Waals surface area (Å²) in [5.74, 6) is -1.47. The van der Waals surface area contributed by atoms with E-state index >= 15 is 0 Å². The van der Waals surface area contributed by atoms with Gasteiger partial charge in [-0.25, -0.2) is 17.6 Å². The van der Waals surface area contributed by atoms with Gasteiger partial charge in [0.1, 0.15) is 26.2 Å². The molecule has 2 aromatic rings. The van der Waals surface area contributed by atoms with Crippen molar-refractivity contribution in [3.63, 3.8) is 0 Å². The van der Waals surface area contributed by atoms with Gasteiger partial charge in [-0.15, -0.1) is 11.3 Å². The number of carbonyl (C=O) groups excluding carboxylic acids is 2. The standard InChI is InChI=1S/C18H20FNO5S2/c1-3-25-18(22)16-14(12-6-8-13(19)9-7-12)11-26-17(16)20-15(21)5-4-10-27(2,23)24/h6-9,11H,3-5,10H2,1-2H3,(H,20,21). The number of hydrogen-bond donors (Lipinski definition) is 1. The molecule has 0 unspecified atom stereocenters. The van der Waals surface area contributed by atoms with Crippen molar-refractivity contribution in [1.29, 1.82) is 0 Å². The van der Waals surface area contributed by atoms with Gasteiger partial charge in [-0.05, 0) is 31.0 Å². The van der Waals surface area contributed by atoms with Gasteiger partial charge in [0.05, 0.1) is 12.4 Å². The van der Waals surface area contributed by atoms with Crippen LogP contribution in [0.15, 0.2) is 29.6 Å². The number of nitrogens with one attached hydrogen (secondary N) is 1. The molecule has 0 saturated carbocycles. The van der Waals surface area contributed by atoms with E-state index in [1.54, 1.807) is 12.3 Å². The van der Waals surface area contributed by atoms with Gasteiger partial charge < -0.3 is 10.1 Å². The number of rotatable bonds is 8. The number of halogens is 1. The first kappa shape index (κ1) is 21.0. The normalized spacial score (nSPS) is 11.2. The van der Waals surface area contributed by atoms with Gasteiger partial charge in [-0.1, -0.05) is 12.1 Å². The van der Waals surface area contributed by atoms with Gasteiger partial charge >= 0.3 is 5.97 Å². The van der Waals surface area contributed by atoms with Crippen LogP contribution >= 0.6 is 11.3 Å². The maximum atomic E-state index is 13.2. The van der Waals surface area contributed by atoms with Crippen molar-refractivity contribution >= 4 is 38.1 Å². The molecule has 0 atom stereocenters. The lowest BCUT2D eigenvalue weighted by atomic mass is 10.0. The van der Waals surface area contributed by atoms with Crippen LogP contribution in [0.5, 0.6) is 0 Å². The minimum atomic E-state index is -3.14. The Hall–Kier alpha value is -2.26. The van der Waals surface area contributed by atoms with Crippen molar-refractivity contribution in [2.75, 3.05) is 23.9 Å². The number of benzene rings is 1. The highest BCUT2D eigenvalue weighted by molar-refractivity contribution is 7.90. The van der Waals surface area contributed by atoms with E-state index in [-0.39, 0.29) is 30.8 Å². The number of carbonyl (C=O) groups is 2. The predicted molar refractivity (Wildman–Crippen MR) is 103 cm³/mol. The Morgan fingerprint density at radius 2 is 1.89 bits per heavy atom. The molecule has 0 aliphatic rings. The second kappa shape index (κ2) is 9.09.